The van der Waals surface area contributed by atoms with Gasteiger partial charge in [0.25, 0.3) is 0 Å². The van der Waals surface area contributed by atoms with Crippen molar-refractivity contribution in [3.8, 4) is 0 Å². The Labute approximate surface area is 198 Å². The molecule has 164 valence electrons. The molecule has 1 aromatic heterocycles. The molecule has 3 aromatic carbocycles. The number of benzene rings is 3. The van der Waals surface area contributed by atoms with Gasteiger partial charge in [0.15, 0.2) is 0 Å². The lowest BCUT2D eigenvalue weighted by molar-refractivity contribution is -0.119. The molecule has 32 heavy (non-hydrogen) atoms. The fraction of sp³-hybridized carbons (Fsp3) is 0.231. The van der Waals surface area contributed by atoms with Crippen molar-refractivity contribution >= 4 is 45.8 Å². The van der Waals surface area contributed by atoms with Gasteiger partial charge in [-0.05, 0) is 60.9 Å². The van der Waals surface area contributed by atoms with Crippen molar-refractivity contribution in [1.29, 1.82) is 0 Å². The number of anilines is 1. The van der Waals surface area contributed by atoms with E-state index in [-0.39, 0.29) is 5.91 Å². The number of rotatable bonds is 7. The van der Waals surface area contributed by atoms with Crippen LogP contribution in [0.15, 0.2) is 66.7 Å². The molecule has 0 saturated carbocycles. The van der Waals surface area contributed by atoms with E-state index < -0.39 is 6.04 Å². The molecular weight excluding hydrogens is 441 g/mol. The highest BCUT2D eigenvalue weighted by molar-refractivity contribution is 6.36. The van der Waals surface area contributed by atoms with Crippen molar-refractivity contribution in [2.45, 2.75) is 39.2 Å². The lowest BCUT2D eigenvalue weighted by Gasteiger charge is -2.21. The molecule has 0 fully saturated rings. The number of halogens is 2. The van der Waals surface area contributed by atoms with Crippen molar-refractivity contribution < 1.29 is 4.79 Å². The van der Waals surface area contributed by atoms with Gasteiger partial charge in [0.2, 0.25) is 5.91 Å². The number of hydrogen-bond acceptors (Lipinski definition) is 2. The third-order valence-corrected chi connectivity index (χ3v) is 6.24. The maximum absolute atomic E-state index is 13.5. The molecule has 0 unspecified atom stereocenters. The molecule has 1 amide bonds. The van der Waals surface area contributed by atoms with E-state index in [2.05, 4.69) is 12.2 Å². The summed E-state index contributed by atoms with van der Waals surface area (Å²) in [5.41, 5.74) is 4.45. The molecule has 0 spiro atoms. The summed E-state index contributed by atoms with van der Waals surface area (Å²) in [4.78, 5) is 18.3. The summed E-state index contributed by atoms with van der Waals surface area (Å²) in [5, 5.41) is 4.28. The van der Waals surface area contributed by atoms with Crippen LogP contribution in [0.25, 0.3) is 11.0 Å². The molecule has 0 saturated heterocycles. The largest absolute Gasteiger partial charge is 0.324 e. The summed E-state index contributed by atoms with van der Waals surface area (Å²) in [5.74, 6) is 0.700. The van der Waals surface area contributed by atoms with Gasteiger partial charge >= 0.3 is 0 Å². The zero-order chi connectivity index (χ0) is 22.7. The Bertz CT molecular complexity index is 1240. The number of hydrogen-bond donors (Lipinski definition) is 1. The van der Waals surface area contributed by atoms with E-state index in [0.717, 1.165) is 40.1 Å². The van der Waals surface area contributed by atoms with E-state index in [9.17, 15) is 4.79 Å². The van der Waals surface area contributed by atoms with Crippen molar-refractivity contribution in [1.82, 2.24) is 9.55 Å². The highest BCUT2D eigenvalue weighted by atomic mass is 35.5. The van der Waals surface area contributed by atoms with Crippen molar-refractivity contribution in [3.05, 3.63) is 93.7 Å². The van der Waals surface area contributed by atoms with Crippen molar-refractivity contribution in [2.24, 2.45) is 0 Å². The van der Waals surface area contributed by atoms with Crippen LogP contribution in [-0.2, 0) is 11.2 Å². The summed E-state index contributed by atoms with van der Waals surface area (Å²) in [6.07, 6.45) is 1.97. The Hall–Kier alpha value is -2.82. The number of carbonyl (C=O) groups is 1. The van der Waals surface area contributed by atoms with Gasteiger partial charge in [-0.15, -0.1) is 0 Å². The minimum atomic E-state index is -0.413. The summed E-state index contributed by atoms with van der Waals surface area (Å²) in [7, 11) is 0. The van der Waals surface area contributed by atoms with Crippen LogP contribution in [0.4, 0.5) is 5.69 Å². The average molecular weight is 466 g/mol. The van der Waals surface area contributed by atoms with Crippen LogP contribution in [0.5, 0.6) is 0 Å². The third kappa shape index (κ3) is 4.67. The van der Waals surface area contributed by atoms with Gasteiger partial charge in [0.1, 0.15) is 11.9 Å². The van der Waals surface area contributed by atoms with Crippen LogP contribution in [0.1, 0.15) is 42.8 Å². The third-order valence-electron chi connectivity index (χ3n) is 5.53. The number of nitrogens with one attached hydrogen (secondary N) is 1. The van der Waals surface area contributed by atoms with Crippen LogP contribution in [0, 0.1) is 6.92 Å². The minimum Gasteiger partial charge on any atom is -0.324 e. The molecule has 4 nitrogen and oxygen atoms in total. The highest BCUT2D eigenvalue weighted by Crippen LogP contribution is 2.31. The summed E-state index contributed by atoms with van der Waals surface area (Å²) in [6.45, 7) is 4.09. The first-order chi connectivity index (χ1) is 15.5. The molecular formula is C26H25Cl2N3O. The Kier molecular flexibility index (Phi) is 6.83. The van der Waals surface area contributed by atoms with Gasteiger partial charge in [-0.2, -0.15) is 0 Å². The van der Waals surface area contributed by atoms with Crippen LogP contribution in [0.2, 0.25) is 10.0 Å². The second-order valence-electron chi connectivity index (χ2n) is 7.93. The molecule has 0 radical (unpaired) electrons. The van der Waals surface area contributed by atoms with Gasteiger partial charge in [0, 0.05) is 22.2 Å². The minimum absolute atomic E-state index is 0.0629. The lowest BCUT2D eigenvalue weighted by Crippen LogP contribution is -2.27. The zero-order valence-corrected chi connectivity index (χ0v) is 19.6. The molecule has 0 bridgehead atoms. The lowest BCUT2D eigenvalue weighted by atomic mass is 10.1. The first-order valence-corrected chi connectivity index (χ1v) is 11.5. The normalized spacial score (nSPS) is 12.1. The van der Waals surface area contributed by atoms with Crippen LogP contribution < -0.4 is 5.32 Å². The number of aromatic nitrogens is 2. The molecule has 4 rings (SSSR count). The van der Waals surface area contributed by atoms with Crippen LogP contribution in [-0.4, -0.2) is 15.5 Å². The summed E-state index contributed by atoms with van der Waals surface area (Å²) in [6, 6.07) is 20.8. The molecule has 4 aromatic rings. The topological polar surface area (TPSA) is 46.9 Å². The van der Waals surface area contributed by atoms with Crippen LogP contribution >= 0.6 is 23.2 Å². The predicted molar refractivity (Wildman–Crippen MR) is 133 cm³/mol. The van der Waals surface area contributed by atoms with E-state index in [1.165, 1.54) is 0 Å². The van der Waals surface area contributed by atoms with Gasteiger partial charge in [0.05, 0.1) is 11.0 Å². The maximum atomic E-state index is 13.5. The number of para-hydroxylation sites is 2. The first-order valence-electron chi connectivity index (χ1n) is 10.7. The quantitative estimate of drug-likeness (QED) is 0.313. The predicted octanol–water partition coefficient (Wildman–Crippen LogP) is 7.22. The van der Waals surface area contributed by atoms with E-state index in [1.54, 1.807) is 0 Å². The molecule has 0 aliphatic rings. The van der Waals surface area contributed by atoms with E-state index in [1.807, 2.05) is 78.2 Å². The van der Waals surface area contributed by atoms with E-state index in [0.29, 0.717) is 22.9 Å². The van der Waals surface area contributed by atoms with E-state index >= 15 is 0 Å². The Morgan fingerprint density at radius 3 is 2.47 bits per heavy atom. The zero-order valence-electron chi connectivity index (χ0n) is 18.1. The van der Waals surface area contributed by atoms with Crippen molar-refractivity contribution in [2.75, 3.05) is 5.32 Å². The van der Waals surface area contributed by atoms with Gasteiger partial charge < -0.3 is 9.88 Å². The van der Waals surface area contributed by atoms with E-state index in [4.69, 9.17) is 28.2 Å². The molecule has 0 aliphatic carbocycles. The number of amides is 1. The standard InChI is InChI=1S/C26H25Cl2N3O/c1-3-8-24(26(32)29-18-10-6-9-17(2)15-18)31-23-14-5-4-13-22(23)30-25(31)16-19-20(27)11-7-12-21(19)28/h4-7,9-15,24H,3,8,16H2,1-2H3,(H,29,32)/t24-/m1/s1. The fourth-order valence-corrected chi connectivity index (χ4v) is 4.56. The summed E-state index contributed by atoms with van der Waals surface area (Å²) >= 11 is 12.9. The van der Waals surface area contributed by atoms with Crippen molar-refractivity contribution in [3.63, 3.8) is 0 Å². The summed E-state index contributed by atoms with van der Waals surface area (Å²) < 4.78 is 2.05. The number of aryl methyl sites for hydroxylation is 1. The first kappa shape index (κ1) is 22.4. The second-order valence-corrected chi connectivity index (χ2v) is 8.74. The van der Waals surface area contributed by atoms with Gasteiger partial charge in [-0.1, -0.05) is 66.9 Å². The average Bonchev–Trinajstić information content (AvgIpc) is 3.12. The molecule has 1 N–H and O–H groups in total. The molecule has 0 aliphatic heterocycles. The Balaban J connectivity index is 1.79. The number of carbonyl (C=O) groups excluding carboxylic acids is 1. The smallest absolute Gasteiger partial charge is 0.247 e. The van der Waals surface area contributed by atoms with Crippen LogP contribution in [0.3, 0.4) is 0 Å². The number of nitrogens with zero attached hydrogens (tertiary/aromatic N) is 2. The SMILES string of the molecule is CCC[C@H](C(=O)Nc1cccc(C)c1)n1c(Cc2c(Cl)cccc2Cl)nc2ccccc21. The highest BCUT2D eigenvalue weighted by Gasteiger charge is 2.26. The molecule has 6 heteroatoms. The number of fused-ring (bicyclic) bond motifs is 1. The Morgan fingerprint density at radius 2 is 1.75 bits per heavy atom. The van der Waals surface area contributed by atoms with Gasteiger partial charge in [-0.3, -0.25) is 4.79 Å². The fourth-order valence-electron chi connectivity index (χ4n) is 4.03. The second kappa shape index (κ2) is 9.76. The molecule has 1 heterocycles. The molecule has 1 atom stereocenters. The maximum Gasteiger partial charge on any atom is 0.247 e. The number of imidazole rings is 1. The van der Waals surface area contributed by atoms with Gasteiger partial charge in [-0.25, -0.2) is 4.98 Å². The Morgan fingerprint density at radius 1 is 1.03 bits per heavy atom. The monoisotopic (exact) mass is 465 g/mol.